The number of carboxylic acids is 1. The lowest BCUT2D eigenvalue weighted by Crippen LogP contribution is -2.41. The van der Waals surface area contributed by atoms with Crippen LogP contribution in [0.5, 0.6) is 0 Å². The molecular formula is C26H30N4O5. The zero-order valence-corrected chi connectivity index (χ0v) is 19.6. The Morgan fingerprint density at radius 3 is 2.49 bits per heavy atom. The zero-order valence-electron chi connectivity index (χ0n) is 19.6. The molecule has 1 heterocycles. The van der Waals surface area contributed by atoms with Gasteiger partial charge in [0, 0.05) is 25.4 Å². The predicted octanol–water partition coefficient (Wildman–Crippen LogP) is 3.21. The van der Waals surface area contributed by atoms with E-state index in [4.69, 9.17) is 5.21 Å². The van der Waals surface area contributed by atoms with Crippen molar-refractivity contribution in [2.75, 3.05) is 0 Å². The Bertz CT molecular complexity index is 1160. The quantitative estimate of drug-likeness (QED) is 0.233. The summed E-state index contributed by atoms with van der Waals surface area (Å²) >= 11 is 0. The Balaban J connectivity index is 1.87. The highest BCUT2D eigenvalue weighted by atomic mass is 16.5. The SMILES string of the molecule is CCCCc1ncc(C(=O)N[C@@H](CC(=O)NO)Cc2ccccc2)n1Cc1cccc(C(=O)O)c1. The highest BCUT2D eigenvalue weighted by Gasteiger charge is 2.22. The van der Waals surface area contributed by atoms with Gasteiger partial charge in [0.25, 0.3) is 5.91 Å². The smallest absolute Gasteiger partial charge is 0.335 e. The summed E-state index contributed by atoms with van der Waals surface area (Å²) in [6, 6.07) is 15.5. The molecule has 9 nitrogen and oxygen atoms in total. The van der Waals surface area contributed by atoms with Crippen LogP contribution in [0.25, 0.3) is 0 Å². The Labute approximate surface area is 203 Å². The lowest BCUT2D eigenvalue weighted by molar-refractivity contribution is -0.129. The van der Waals surface area contributed by atoms with Crippen LogP contribution in [0.1, 0.15) is 64.0 Å². The Morgan fingerprint density at radius 2 is 1.80 bits per heavy atom. The lowest BCUT2D eigenvalue weighted by atomic mass is 10.0. The monoisotopic (exact) mass is 478 g/mol. The van der Waals surface area contributed by atoms with E-state index in [0.29, 0.717) is 18.5 Å². The fourth-order valence-electron chi connectivity index (χ4n) is 3.89. The molecule has 0 saturated carbocycles. The van der Waals surface area contributed by atoms with E-state index in [1.807, 2.05) is 36.4 Å². The molecule has 35 heavy (non-hydrogen) atoms. The molecule has 1 atom stereocenters. The van der Waals surface area contributed by atoms with Crippen molar-refractivity contribution in [3.8, 4) is 0 Å². The molecule has 0 bridgehead atoms. The average Bonchev–Trinajstić information content (AvgIpc) is 3.25. The van der Waals surface area contributed by atoms with E-state index in [9.17, 15) is 19.5 Å². The van der Waals surface area contributed by atoms with Crippen LogP contribution >= 0.6 is 0 Å². The van der Waals surface area contributed by atoms with Gasteiger partial charge in [0.15, 0.2) is 0 Å². The third kappa shape index (κ3) is 7.25. The summed E-state index contributed by atoms with van der Waals surface area (Å²) in [7, 11) is 0. The summed E-state index contributed by atoms with van der Waals surface area (Å²) < 4.78 is 1.79. The lowest BCUT2D eigenvalue weighted by Gasteiger charge is -2.19. The van der Waals surface area contributed by atoms with Crippen molar-refractivity contribution in [3.05, 3.63) is 89.0 Å². The van der Waals surface area contributed by atoms with Crippen LogP contribution in [-0.2, 0) is 24.2 Å². The van der Waals surface area contributed by atoms with Crippen LogP contribution in [0.15, 0.2) is 60.8 Å². The molecule has 3 aromatic rings. The van der Waals surface area contributed by atoms with Crippen molar-refractivity contribution in [1.29, 1.82) is 0 Å². The van der Waals surface area contributed by atoms with E-state index in [0.717, 1.165) is 29.8 Å². The first-order valence-corrected chi connectivity index (χ1v) is 11.6. The van der Waals surface area contributed by atoms with Crippen molar-refractivity contribution in [2.24, 2.45) is 0 Å². The fourth-order valence-corrected chi connectivity index (χ4v) is 3.89. The molecule has 4 N–H and O–H groups in total. The number of benzene rings is 2. The largest absolute Gasteiger partial charge is 0.478 e. The second-order valence-electron chi connectivity index (χ2n) is 8.35. The molecule has 0 unspecified atom stereocenters. The number of aryl methyl sites for hydroxylation is 1. The number of rotatable bonds is 12. The molecule has 0 spiro atoms. The summed E-state index contributed by atoms with van der Waals surface area (Å²) in [6.07, 6.45) is 4.32. The van der Waals surface area contributed by atoms with Gasteiger partial charge in [0.1, 0.15) is 11.5 Å². The number of unbranched alkanes of at least 4 members (excludes halogenated alkanes) is 1. The van der Waals surface area contributed by atoms with Crippen LogP contribution in [0.2, 0.25) is 0 Å². The van der Waals surface area contributed by atoms with Gasteiger partial charge in [0.2, 0.25) is 5.91 Å². The number of aromatic nitrogens is 2. The molecule has 0 saturated heterocycles. The molecule has 0 aliphatic heterocycles. The van der Waals surface area contributed by atoms with Gasteiger partial charge in [0.05, 0.1) is 11.8 Å². The topological polar surface area (TPSA) is 134 Å². The van der Waals surface area contributed by atoms with Crippen molar-refractivity contribution in [3.63, 3.8) is 0 Å². The predicted molar refractivity (Wildman–Crippen MR) is 129 cm³/mol. The van der Waals surface area contributed by atoms with E-state index in [2.05, 4.69) is 17.2 Å². The summed E-state index contributed by atoms with van der Waals surface area (Å²) in [6.45, 7) is 2.35. The second kappa shape index (κ2) is 12.5. The van der Waals surface area contributed by atoms with Crippen LogP contribution in [0.4, 0.5) is 0 Å². The minimum absolute atomic E-state index is 0.103. The number of hydroxylamine groups is 1. The van der Waals surface area contributed by atoms with Crippen LogP contribution in [0, 0.1) is 0 Å². The number of imidazole rings is 1. The van der Waals surface area contributed by atoms with Gasteiger partial charge in [-0.25, -0.2) is 15.3 Å². The van der Waals surface area contributed by atoms with Crippen LogP contribution in [0.3, 0.4) is 0 Å². The highest BCUT2D eigenvalue weighted by molar-refractivity contribution is 5.93. The van der Waals surface area contributed by atoms with Crippen molar-refractivity contribution in [1.82, 2.24) is 20.3 Å². The molecule has 9 heteroatoms. The normalized spacial score (nSPS) is 11.6. The number of aromatic carboxylic acids is 1. The summed E-state index contributed by atoms with van der Waals surface area (Å²) in [5.74, 6) is -1.30. The maximum atomic E-state index is 13.3. The maximum absolute atomic E-state index is 13.3. The molecule has 184 valence electrons. The number of nitrogens with zero attached hydrogens (tertiary/aromatic N) is 2. The van der Waals surface area contributed by atoms with E-state index in [1.54, 1.807) is 22.2 Å². The van der Waals surface area contributed by atoms with Gasteiger partial charge in [-0.2, -0.15) is 0 Å². The molecule has 0 radical (unpaired) electrons. The Morgan fingerprint density at radius 1 is 1.06 bits per heavy atom. The molecular weight excluding hydrogens is 448 g/mol. The number of carbonyl (C=O) groups is 3. The van der Waals surface area contributed by atoms with E-state index < -0.39 is 23.8 Å². The fraction of sp³-hybridized carbons (Fsp3) is 0.308. The maximum Gasteiger partial charge on any atom is 0.335 e. The third-order valence-electron chi connectivity index (χ3n) is 5.66. The number of nitrogens with one attached hydrogen (secondary N) is 2. The minimum Gasteiger partial charge on any atom is -0.478 e. The summed E-state index contributed by atoms with van der Waals surface area (Å²) in [4.78, 5) is 41.1. The third-order valence-corrected chi connectivity index (χ3v) is 5.66. The number of amides is 2. The zero-order chi connectivity index (χ0) is 25.2. The number of hydrogen-bond acceptors (Lipinski definition) is 5. The highest BCUT2D eigenvalue weighted by Crippen LogP contribution is 2.15. The van der Waals surface area contributed by atoms with Gasteiger partial charge < -0.3 is 15.0 Å². The van der Waals surface area contributed by atoms with Crippen molar-refractivity contribution < 1.29 is 24.7 Å². The first-order chi connectivity index (χ1) is 16.9. The van der Waals surface area contributed by atoms with E-state index in [1.165, 1.54) is 12.3 Å². The van der Waals surface area contributed by atoms with Crippen molar-refractivity contribution >= 4 is 17.8 Å². The summed E-state index contributed by atoms with van der Waals surface area (Å²) in [5.41, 5.74) is 3.78. The molecule has 2 aromatic carbocycles. The Hall–Kier alpha value is -3.98. The first kappa shape index (κ1) is 25.6. The molecule has 0 aliphatic carbocycles. The molecule has 2 amide bonds. The average molecular weight is 479 g/mol. The van der Waals surface area contributed by atoms with Gasteiger partial charge >= 0.3 is 5.97 Å². The number of carbonyl (C=O) groups excluding carboxylic acids is 2. The van der Waals surface area contributed by atoms with Crippen LogP contribution < -0.4 is 10.8 Å². The number of hydrogen-bond donors (Lipinski definition) is 4. The van der Waals surface area contributed by atoms with Gasteiger partial charge in [-0.15, -0.1) is 0 Å². The van der Waals surface area contributed by atoms with Gasteiger partial charge in [-0.1, -0.05) is 55.8 Å². The molecule has 3 rings (SSSR count). The van der Waals surface area contributed by atoms with Crippen LogP contribution in [-0.4, -0.2) is 43.7 Å². The summed E-state index contributed by atoms with van der Waals surface area (Å²) in [5, 5.41) is 21.2. The van der Waals surface area contributed by atoms with Gasteiger partial charge in [-0.3, -0.25) is 14.8 Å². The van der Waals surface area contributed by atoms with E-state index in [-0.39, 0.29) is 18.5 Å². The number of carboxylic acid groups (broad SMARTS) is 1. The van der Waals surface area contributed by atoms with E-state index >= 15 is 0 Å². The second-order valence-corrected chi connectivity index (χ2v) is 8.35. The Kier molecular flexibility index (Phi) is 9.14. The first-order valence-electron chi connectivity index (χ1n) is 11.6. The van der Waals surface area contributed by atoms with Gasteiger partial charge in [-0.05, 0) is 36.1 Å². The molecule has 0 aliphatic rings. The standard InChI is InChI=1S/C26H30N4O5/c1-2-3-12-23-27-16-22(30(23)17-19-10-7-11-20(13-19)26(33)34)25(32)28-21(15-24(31)29-35)14-18-8-5-4-6-9-18/h4-11,13,16,21,35H,2-3,12,14-15,17H2,1H3,(H,28,32)(H,29,31)(H,33,34)/t21-/m1/s1. The molecule has 0 fully saturated rings. The minimum atomic E-state index is -1.02. The molecule has 1 aromatic heterocycles. The van der Waals surface area contributed by atoms with Crippen molar-refractivity contribution in [2.45, 2.75) is 51.6 Å².